The van der Waals surface area contributed by atoms with E-state index in [1.807, 2.05) is 13.0 Å². The average Bonchev–Trinajstić information content (AvgIpc) is 2.34. The zero-order valence-electron chi connectivity index (χ0n) is 9.67. The number of nitriles is 1. The lowest BCUT2D eigenvalue weighted by Crippen LogP contribution is -1.97. The van der Waals surface area contributed by atoms with Gasteiger partial charge in [-0.1, -0.05) is 17.7 Å². The molecular weight excluding hydrogens is 251 g/mol. The first-order chi connectivity index (χ1) is 8.60. The predicted octanol–water partition coefficient (Wildman–Crippen LogP) is 4.40. The molecule has 2 rings (SSSR count). The summed E-state index contributed by atoms with van der Waals surface area (Å²) in [5.74, 6) is -0.371. The van der Waals surface area contributed by atoms with Gasteiger partial charge in [-0.3, -0.25) is 0 Å². The van der Waals surface area contributed by atoms with Crippen molar-refractivity contribution >= 4 is 23.0 Å². The zero-order valence-corrected chi connectivity index (χ0v) is 10.4. The van der Waals surface area contributed by atoms with Gasteiger partial charge in [-0.25, -0.2) is 4.39 Å². The van der Waals surface area contributed by atoms with Gasteiger partial charge in [-0.2, -0.15) is 5.26 Å². The SMILES string of the molecule is Cc1ccc(F)c(Nc2cc(Cl)ccc2C#N)c1. The van der Waals surface area contributed by atoms with E-state index in [0.29, 0.717) is 22.0 Å². The summed E-state index contributed by atoms with van der Waals surface area (Å²) in [5.41, 5.74) is 2.17. The molecule has 0 atom stereocenters. The van der Waals surface area contributed by atoms with Gasteiger partial charge in [0.15, 0.2) is 0 Å². The summed E-state index contributed by atoms with van der Waals surface area (Å²) in [6.45, 7) is 1.87. The van der Waals surface area contributed by atoms with Crippen LogP contribution in [0.2, 0.25) is 5.02 Å². The molecule has 0 aliphatic heterocycles. The van der Waals surface area contributed by atoms with Crippen LogP contribution < -0.4 is 5.32 Å². The van der Waals surface area contributed by atoms with Crippen molar-refractivity contribution in [3.05, 3.63) is 58.4 Å². The third kappa shape index (κ3) is 2.61. The molecule has 2 aromatic rings. The van der Waals surface area contributed by atoms with Crippen LogP contribution in [-0.2, 0) is 0 Å². The summed E-state index contributed by atoms with van der Waals surface area (Å²) in [7, 11) is 0. The van der Waals surface area contributed by atoms with Crippen molar-refractivity contribution in [2.24, 2.45) is 0 Å². The number of hydrogen-bond acceptors (Lipinski definition) is 2. The van der Waals surface area contributed by atoms with Gasteiger partial charge in [0.05, 0.1) is 16.9 Å². The van der Waals surface area contributed by atoms with E-state index in [0.717, 1.165) is 5.56 Å². The molecule has 0 saturated carbocycles. The van der Waals surface area contributed by atoms with E-state index in [9.17, 15) is 4.39 Å². The lowest BCUT2D eigenvalue weighted by atomic mass is 10.1. The van der Waals surface area contributed by atoms with Gasteiger partial charge in [0.1, 0.15) is 11.9 Å². The van der Waals surface area contributed by atoms with E-state index in [1.54, 1.807) is 30.3 Å². The van der Waals surface area contributed by atoms with Crippen molar-refractivity contribution in [1.29, 1.82) is 5.26 Å². The maximum Gasteiger partial charge on any atom is 0.146 e. The summed E-state index contributed by atoms with van der Waals surface area (Å²) in [6.07, 6.45) is 0. The predicted molar refractivity (Wildman–Crippen MR) is 70.6 cm³/mol. The molecule has 0 radical (unpaired) electrons. The molecule has 0 bridgehead atoms. The van der Waals surface area contributed by atoms with Crippen LogP contribution in [0.1, 0.15) is 11.1 Å². The Morgan fingerprint density at radius 3 is 2.67 bits per heavy atom. The van der Waals surface area contributed by atoms with E-state index in [4.69, 9.17) is 16.9 Å². The normalized spacial score (nSPS) is 9.89. The number of rotatable bonds is 2. The molecule has 0 aromatic heterocycles. The fourth-order valence-electron chi connectivity index (χ4n) is 1.60. The average molecular weight is 261 g/mol. The highest BCUT2D eigenvalue weighted by atomic mass is 35.5. The van der Waals surface area contributed by atoms with Crippen molar-refractivity contribution in [1.82, 2.24) is 0 Å². The fourth-order valence-corrected chi connectivity index (χ4v) is 1.77. The lowest BCUT2D eigenvalue weighted by Gasteiger charge is -2.10. The highest BCUT2D eigenvalue weighted by Crippen LogP contribution is 2.26. The number of nitrogens with one attached hydrogen (secondary N) is 1. The van der Waals surface area contributed by atoms with E-state index >= 15 is 0 Å². The molecule has 0 unspecified atom stereocenters. The number of aryl methyl sites for hydroxylation is 1. The van der Waals surface area contributed by atoms with Crippen molar-refractivity contribution in [3.63, 3.8) is 0 Å². The quantitative estimate of drug-likeness (QED) is 0.869. The maximum absolute atomic E-state index is 13.6. The largest absolute Gasteiger partial charge is 0.352 e. The van der Waals surface area contributed by atoms with E-state index in [-0.39, 0.29) is 5.82 Å². The van der Waals surface area contributed by atoms with Gasteiger partial charge >= 0.3 is 0 Å². The zero-order chi connectivity index (χ0) is 13.1. The molecule has 0 aliphatic carbocycles. The first kappa shape index (κ1) is 12.4. The van der Waals surface area contributed by atoms with Crippen LogP contribution in [0.3, 0.4) is 0 Å². The summed E-state index contributed by atoms with van der Waals surface area (Å²) >= 11 is 5.87. The second kappa shape index (κ2) is 5.07. The van der Waals surface area contributed by atoms with Crippen LogP contribution in [-0.4, -0.2) is 0 Å². The highest BCUT2D eigenvalue weighted by molar-refractivity contribution is 6.30. The minimum atomic E-state index is -0.371. The van der Waals surface area contributed by atoms with Crippen LogP contribution in [0.25, 0.3) is 0 Å². The van der Waals surface area contributed by atoms with Crippen LogP contribution in [0.4, 0.5) is 15.8 Å². The molecule has 90 valence electrons. The van der Waals surface area contributed by atoms with Crippen LogP contribution in [0, 0.1) is 24.1 Å². The topological polar surface area (TPSA) is 35.8 Å². The summed E-state index contributed by atoms with van der Waals surface area (Å²) in [4.78, 5) is 0. The van der Waals surface area contributed by atoms with Gasteiger partial charge in [0.25, 0.3) is 0 Å². The molecule has 0 aliphatic rings. The number of anilines is 2. The molecule has 4 heteroatoms. The molecule has 0 spiro atoms. The molecule has 0 heterocycles. The van der Waals surface area contributed by atoms with Gasteiger partial charge < -0.3 is 5.32 Å². The fraction of sp³-hybridized carbons (Fsp3) is 0.0714. The minimum Gasteiger partial charge on any atom is -0.352 e. The van der Waals surface area contributed by atoms with Crippen molar-refractivity contribution in [3.8, 4) is 6.07 Å². The molecule has 0 fully saturated rings. The first-order valence-electron chi connectivity index (χ1n) is 5.33. The lowest BCUT2D eigenvalue weighted by molar-refractivity contribution is 0.631. The van der Waals surface area contributed by atoms with Crippen molar-refractivity contribution in [2.75, 3.05) is 5.32 Å². The molecule has 2 nitrogen and oxygen atoms in total. The number of halogens is 2. The van der Waals surface area contributed by atoms with Gasteiger partial charge in [0.2, 0.25) is 0 Å². The second-order valence-electron chi connectivity index (χ2n) is 3.91. The molecule has 2 aromatic carbocycles. The van der Waals surface area contributed by atoms with Crippen LogP contribution in [0.5, 0.6) is 0 Å². The Kier molecular flexibility index (Phi) is 3.50. The molecule has 0 saturated heterocycles. The second-order valence-corrected chi connectivity index (χ2v) is 4.35. The van der Waals surface area contributed by atoms with E-state index in [1.165, 1.54) is 6.07 Å². The molecule has 18 heavy (non-hydrogen) atoms. The first-order valence-corrected chi connectivity index (χ1v) is 5.71. The summed E-state index contributed by atoms with van der Waals surface area (Å²) in [6, 6.07) is 11.6. The number of benzene rings is 2. The van der Waals surface area contributed by atoms with E-state index < -0.39 is 0 Å². The Balaban J connectivity index is 2.43. The number of nitrogens with zero attached hydrogens (tertiary/aromatic N) is 1. The van der Waals surface area contributed by atoms with Crippen LogP contribution in [0.15, 0.2) is 36.4 Å². The van der Waals surface area contributed by atoms with Gasteiger partial charge in [-0.15, -0.1) is 0 Å². The summed E-state index contributed by atoms with van der Waals surface area (Å²) in [5, 5.41) is 12.4. The Hall–Kier alpha value is -2.05. The van der Waals surface area contributed by atoms with Gasteiger partial charge in [0, 0.05) is 5.02 Å². The Bertz CT molecular complexity index is 632. The van der Waals surface area contributed by atoms with Crippen LogP contribution >= 0.6 is 11.6 Å². The van der Waals surface area contributed by atoms with Crippen molar-refractivity contribution < 1.29 is 4.39 Å². The van der Waals surface area contributed by atoms with E-state index in [2.05, 4.69) is 5.32 Å². The maximum atomic E-state index is 13.6. The Morgan fingerprint density at radius 1 is 1.17 bits per heavy atom. The third-order valence-corrected chi connectivity index (χ3v) is 2.73. The smallest absolute Gasteiger partial charge is 0.146 e. The van der Waals surface area contributed by atoms with Crippen molar-refractivity contribution in [2.45, 2.75) is 6.92 Å². The highest BCUT2D eigenvalue weighted by Gasteiger charge is 2.07. The molecular formula is C14H10ClFN2. The minimum absolute atomic E-state index is 0.328. The monoisotopic (exact) mass is 260 g/mol. The molecule has 1 N–H and O–H groups in total. The molecule has 0 amide bonds. The standard InChI is InChI=1S/C14H10ClFN2/c1-9-2-5-12(16)14(6-9)18-13-7-11(15)4-3-10(13)8-17/h2-7,18H,1H3. The third-order valence-electron chi connectivity index (χ3n) is 2.49. The Labute approximate surface area is 110 Å². The van der Waals surface area contributed by atoms with Gasteiger partial charge in [-0.05, 0) is 42.8 Å². The number of hydrogen-bond donors (Lipinski definition) is 1. The Morgan fingerprint density at radius 2 is 1.94 bits per heavy atom. The summed E-state index contributed by atoms with van der Waals surface area (Å²) < 4.78 is 13.6.